The number of aromatic nitrogens is 2. The highest BCUT2D eigenvalue weighted by atomic mass is 79.9. The summed E-state index contributed by atoms with van der Waals surface area (Å²) in [5.74, 6) is -0.0992. The molecular formula is C24H23BrN4O3. The van der Waals surface area contributed by atoms with Gasteiger partial charge in [0.05, 0.1) is 18.0 Å². The van der Waals surface area contributed by atoms with Crippen molar-refractivity contribution in [1.29, 1.82) is 5.26 Å². The van der Waals surface area contributed by atoms with Gasteiger partial charge in [0.25, 0.3) is 11.5 Å². The average molecular weight is 495 g/mol. The molecule has 3 rings (SSSR count). The lowest BCUT2D eigenvalue weighted by Crippen LogP contribution is -2.23. The van der Waals surface area contributed by atoms with Crippen LogP contribution in [0.2, 0.25) is 0 Å². The fraction of sp³-hybridized carbons (Fsp3) is 0.208. The minimum absolute atomic E-state index is 0.124. The van der Waals surface area contributed by atoms with Crippen LogP contribution in [0.4, 0.5) is 5.69 Å². The summed E-state index contributed by atoms with van der Waals surface area (Å²) in [4.78, 5) is 25.9. The summed E-state index contributed by atoms with van der Waals surface area (Å²) in [6, 6.07) is 16.4. The number of nitrogens with zero attached hydrogens (tertiary/aromatic N) is 3. The van der Waals surface area contributed by atoms with E-state index in [2.05, 4.69) is 21.2 Å². The first kappa shape index (κ1) is 23.1. The van der Waals surface area contributed by atoms with Crippen LogP contribution in [-0.4, -0.2) is 21.9 Å². The molecule has 1 amide bonds. The maximum Gasteiger partial charge on any atom is 0.295 e. The van der Waals surface area contributed by atoms with Crippen LogP contribution in [-0.2, 0) is 11.8 Å². The summed E-state index contributed by atoms with van der Waals surface area (Å²) in [6.45, 7) is 4.24. The SMILES string of the molecule is CCCOc1ccc(Br)cc1/C=C(\C#N)C(=O)Nc1c(C)n(C)n(-c2ccccc2)c1=O. The van der Waals surface area contributed by atoms with E-state index in [1.54, 1.807) is 42.9 Å². The van der Waals surface area contributed by atoms with Crippen LogP contribution in [0.5, 0.6) is 5.75 Å². The number of halogens is 1. The second-order valence-electron chi connectivity index (χ2n) is 7.09. The predicted octanol–water partition coefficient (Wildman–Crippen LogP) is 4.58. The normalized spacial score (nSPS) is 11.2. The molecule has 0 saturated carbocycles. The van der Waals surface area contributed by atoms with E-state index >= 15 is 0 Å². The van der Waals surface area contributed by atoms with Gasteiger partial charge in [0, 0.05) is 17.1 Å². The van der Waals surface area contributed by atoms with E-state index in [0.29, 0.717) is 29.3 Å². The summed E-state index contributed by atoms with van der Waals surface area (Å²) in [5.41, 5.74) is 1.44. The fourth-order valence-corrected chi connectivity index (χ4v) is 3.55. The molecule has 0 aliphatic heterocycles. The Labute approximate surface area is 194 Å². The van der Waals surface area contributed by atoms with Crippen molar-refractivity contribution in [2.24, 2.45) is 7.05 Å². The lowest BCUT2D eigenvalue weighted by Gasteiger charge is -2.09. The number of anilines is 1. The molecule has 1 aromatic heterocycles. The summed E-state index contributed by atoms with van der Waals surface area (Å²) < 4.78 is 9.64. The third-order valence-electron chi connectivity index (χ3n) is 4.89. The molecule has 7 nitrogen and oxygen atoms in total. The third-order valence-corrected chi connectivity index (χ3v) is 5.38. The Morgan fingerprint density at radius 2 is 1.97 bits per heavy atom. The zero-order valence-electron chi connectivity index (χ0n) is 18.1. The molecule has 3 aromatic rings. The van der Waals surface area contributed by atoms with Crippen molar-refractivity contribution in [3.63, 3.8) is 0 Å². The van der Waals surface area contributed by atoms with Gasteiger partial charge in [0.1, 0.15) is 23.1 Å². The van der Waals surface area contributed by atoms with Crippen molar-refractivity contribution >= 4 is 33.6 Å². The molecule has 164 valence electrons. The van der Waals surface area contributed by atoms with Crippen LogP contribution < -0.4 is 15.6 Å². The van der Waals surface area contributed by atoms with E-state index in [1.165, 1.54) is 10.8 Å². The van der Waals surface area contributed by atoms with Gasteiger partial charge in [-0.15, -0.1) is 0 Å². The Morgan fingerprint density at radius 3 is 2.62 bits per heavy atom. The number of nitrogens with one attached hydrogen (secondary N) is 1. The first-order valence-electron chi connectivity index (χ1n) is 10.1. The number of benzene rings is 2. The van der Waals surface area contributed by atoms with Crippen molar-refractivity contribution < 1.29 is 9.53 Å². The van der Waals surface area contributed by atoms with Gasteiger partial charge in [-0.05, 0) is 49.8 Å². The van der Waals surface area contributed by atoms with E-state index < -0.39 is 5.91 Å². The molecule has 8 heteroatoms. The molecule has 0 atom stereocenters. The van der Waals surface area contributed by atoms with Gasteiger partial charge in [-0.1, -0.05) is 41.1 Å². The van der Waals surface area contributed by atoms with Gasteiger partial charge in [-0.2, -0.15) is 5.26 Å². The van der Waals surface area contributed by atoms with Crippen LogP contribution >= 0.6 is 15.9 Å². The Bertz CT molecular complexity index is 1270. The molecule has 0 bridgehead atoms. The van der Waals surface area contributed by atoms with E-state index in [4.69, 9.17) is 4.74 Å². The molecule has 0 saturated heterocycles. The third kappa shape index (κ3) is 4.84. The van der Waals surface area contributed by atoms with Crippen molar-refractivity contribution in [2.75, 3.05) is 11.9 Å². The zero-order valence-corrected chi connectivity index (χ0v) is 19.6. The molecule has 0 aliphatic carbocycles. The number of carbonyl (C=O) groups excluding carboxylic acids is 1. The van der Waals surface area contributed by atoms with Gasteiger partial charge < -0.3 is 10.1 Å². The lowest BCUT2D eigenvalue weighted by atomic mass is 10.1. The van der Waals surface area contributed by atoms with E-state index in [1.807, 2.05) is 37.3 Å². The molecule has 1 heterocycles. The standard InChI is InChI=1S/C24H23BrN4O3/c1-4-12-32-21-11-10-19(25)14-17(21)13-18(15-26)23(30)27-22-16(2)28(3)29(24(22)31)20-8-6-5-7-9-20/h5-11,13-14H,4,12H2,1-3H3,(H,27,30)/b18-13+. The average Bonchev–Trinajstić information content (AvgIpc) is 3.00. The maximum atomic E-state index is 13.0. The highest BCUT2D eigenvalue weighted by molar-refractivity contribution is 9.10. The molecule has 0 fully saturated rings. The van der Waals surface area contributed by atoms with Crippen molar-refractivity contribution in [3.05, 3.63) is 80.2 Å². The minimum atomic E-state index is -0.667. The van der Waals surface area contributed by atoms with Gasteiger partial charge in [-0.25, -0.2) is 4.68 Å². The number of amides is 1. The highest BCUT2D eigenvalue weighted by Gasteiger charge is 2.20. The van der Waals surface area contributed by atoms with Gasteiger partial charge >= 0.3 is 0 Å². The number of ether oxygens (including phenoxy) is 1. The van der Waals surface area contributed by atoms with E-state index in [9.17, 15) is 14.9 Å². The molecule has 2 aromatic carbocycles. The first-order valence-corrected chi connectivity index (χ1v) is 10.9. The number of hydrogen-bond acceptors (Lipinski definition) is 4. The monoisotopic (exact) mass is 494 g/mol. The molecule has 0 aliphatic rings. The summed E-state index contributed by atoms with van der Waals surface area (Å²) in [7, 11) is 1.74. The minimum Gasteiger partial charge on any atom is -0.493 e. The van der Waals surface area contributed by atoms with Gasteiger partial charge in [0.2, 0.25) is 0 Å². The zero-order chi connectivity index (χ0) is 23.3. The first-order chi connectivity index (χ1) is 15.4. The Kier molecular flexibility index (Phi) is 7.33. The maximum absolute atomic E-state index is 13.0. The van der Waals surface area contributed by atoms with Crippen LogP contribution in [0.1, 0.15) is 24.6 Å². The van der Waals surface area contributed by atoms with Crippen LogP contribution in [0.25, 0.3) is 11.8 Å². The summed E-state index contributed by atoms with van der Waals surface area (Å²) in [5, 5.41) is 12.2. The van der Waals surface area contributed by atoms with Crippen LogP contribution in [0.15, 0.2) is 63.4 Å². The Hall–Kier alpha value is -3.57. The summed E-state index contributed by atoms with van der Waals surface area (Å²) in [6.07, 6.45) is 2.28. The molecule has 0 unspecified atom stereocenters. The topological polar surface area (TPSA) is 89.0 Å². The smallest absolute Gasteiger partial charge is 0.295 e. The predicted molar refractivity (Wildman–Crippen MR) is 128 cm³/mol. The van der Waals surface area contributed by atoms with E-state index in [-0.39, 0.29) is 16.8 Å². The van der Waals surface area contributed by atoms with Crippen molar-refractivity contribution in [3.8, 4) is 17.5 Å². The fourth-order valence-electron chi connectivity index (χ4n) is 3.17. The highest BCUT2D eigenvalue weighted by Crippen LogP contribution is 2.26. The number of hydrogen-bond donors (Lipinski definition) is 1. The lowest BCUT2D eigenvalue weighted by molar-refractivity contribution is -0.112. The largest absolute Gasteiger partial charge is 0.493 e. The quantitative estimate of drug-likeness (QED) is 0.384. The molecular weight excluding hydrogens is 472 g/mol. The van der Waals surface area contributed by atoms with Gasteiger partial charge in [0.15, 0.2) is 0 Å². The molecule has 0 spiro atoms. The van der Waals surface area contributed by atoms with Gasteiger partial charge in [-0.3, -0.25) is 14.3 Å². The number of rotatable bonds is 7. The number of carbonyl (C=O) groups is 1. The molecule has 32 heavy (non-hydrogen) atoms. The second-order valence-corrected chi connectivity index (χ2v) is 8.01. The summed E-state index contributed by atoms with van der Waals surface area (Å²) >= 11 is 3.40. The number of para-hydroxylation sites is 1. The second kappa shape index (κ2) is 10.2. The van der Waals surface area contributed by atoms with Crippen LogP contribution in [0, 0.1) is 18.3 Å². The van der Waals surface area contributed by atoms with Crippen LogP contribution in [0.3, 0.4) is 0 Å². The Balaban J connectivity index is 1.96. The van der Waals surface area contributed by atoms with Crippen molar-refractivity contribution in [2.45, 2.75) is 20.3 Å². The van der Waals surface area contributed by atoms with Crippen molar-refractivity contribution in [1.82, 2.24) is 9.36 Å². The van der Waals surface area contributed by atoms with E-state index in [0.717, 1.165) is 10.9 Å². The molecule has 1 N–H and O–H groups in total. The Morgan fingerprint density at radius 1 is 1.25 bits per heavy atom. The molecule has 0 radical (unpaired) electrons. The number of nitriles is 1.